The molecular weight excluding hydrogens is 268 g/mol. The van der Waals surface area contributed by atoms with Crippen LogP contribution in [-0.4, -0.2) is 19.6 Å². The first-order valence-electron chi connectivity index (χ1n) is 8.50. The molecule has 2 heterocycles. The molecule has 114 valence electrons. The van der Waals surface area contributed by atoms with E-state index in [0.717, 1.165) is 19.5 Å². The predicted molar refractivity (Wildman–Crippen MR) is 93.5 cm³/mol. The summed E-state index contributed by atoms with van der Waals surface area (Å²) in [4.78, 5) is 2.51. The Kier molecular flexibility index (Phi) is 3.63. The third kappa shape index (κ3) is 2.52. The average Bonchev–Trinajstić information content (AvgIpc) is 3.09. The standard InChI is InChI=1S/C20H24N2/c1-15-12-19(22-10-2-3-11-22)6-7-20(15)17-4-5-18-14-21-9-8-16(18)13-17/h4-7,12-13,21H,2-3,8-11,14H2,1H3. The molecule has 2 aliphatic rings. The molecule has 0 radical (unpaired) electrons. The van der Waals surface area contributed by atoms with Crippen LogP contribution in [0.5, 0.6) is 0 Å². The summed E-state index contributed by atoms with van der Waals surface area (Å²) < 4.78 is 0. The highest BCUT2D eigenvalue weighted by Crippen LogP contribution is 2.30. The maximum Gasteiger partial charge on any atom is 0.0369 e. The molecule has 2 nitrogen and oxygen atoms in total. The van der Waals surface area contributed by atoms with Gasteiger partial charge in [0, 0.05) is 25.3 Å². The number of hydrogen-bond donors (Lipinski definition) is 1. The van der Waals surface area contributed by atoms with Gasteiger partial charge in [-0.1, -0.05) is 24.3 Å². The SMILES string of the molecule is Cc1cc(N2CCCC2)ccc1-c1ccc2c(c1)CCNC2. The van der Waals surface area contributed by atoms with Gasteiger partial charge in [-0.15, -0.1) is 0 Å². The lowest BCUT2D eigenvalue weighted by Gasteiger charge is -2.21. The molecule has 0 saturated carbocycles. The van der Waals surface area contributed by atoms with Gasteiger partial charge in [-0.05, 0) is 72.7 Å². The minimum atomic E-state index is 1.02. The highest BCUT2D eigenvalue weighted by Gasteiger charge is 2.14. The van der Waals surface area contributed by atoms with Gasteiger partial charge in [-0.3, -0.25) is 0 Å². The van der Waals surface area contributed by atoms with Gasteiger partial charge in [0.2, 0.25) is 0 Å². The van der Waals surface area contributed by atoms with Crippen LogP contribution in [0.15, 0.2) is 36.4 Å². The van der Waals surface area contributed by atoms with Crippen LogP contribution in [0.3, 0.4) is 0 Å². The third-order valence-corrected chi connectivity index (χ3v) is 5.09. The zero-order chi connectivity index (χ0) is 14.9. The van der Waals surface area contributed by atoms with Crippen LogP contribution in [-0.2, 0) is 13.0 Å². The van der Waals surface area contributed by atoms with E-state index in [9.17, 15) is 0 Å². The molecule has 2 aromatic carbocycles. The summed E-state index contributed by atoms with van der Waals surface area (Å²) in [5, 5.41) is 3.44. The first-order valence-corrected chi connectivity index (χ1v) is 8.50. The van der Waals surface area contributed by atoms with Crippen LogP contribution >= 0.6 is 0 Å². The highest BCUT2D eigenvalue weighted by molar-refractivity contribution is 5.71. The summed E-state index contributed by atoms with van der Waals surface area (Å²) in [6.07, 6.45) is 3.81. The summed E-state index contributed by atoms with van der Waals surface area (Å²) in [7, 11) is 0. The number of nitrogens with one attached hydrogen (secondary N) is 1. The van der Waals surface area contributed by atoms with Crippen molar-refractivity contribution in [2.24, 2.45) is 0 Å². The van der Waals surface area contributed by atoms with Crippen LogP contribution in [0.4, 0.5) is 5.69 Å². The lowest BCUT2D eigenvalue weighted by molar-refractivity contribution is 0.644. The lowest BCUT2D eigenvalue weighted by Crippen LogP contribution is -2.23. The zero-order valence-corrected chi connectivity index (χ0v) is 13.4. The van der Waals surface area contributed by atoms with Gasteiger partial charge in [0.05, 0.1) is 0 Å². The molecule has 0 bridgehead atoms. The van der Waals surface area contributed by atoms with Gasteiger partial charge in [-0.25, -0.2) is 0 Å². The van der Waals surface area contributed by atoms with Gasteiger partial charge in [0.1, 0.15) is 0 Å². The second-order valence-electron chi connectivity index (χ2n) is 6.60. The maximum absolute atomic E-state index is 3.44. The number of nitrogens with zero attached hydrogens (tertiary/aromatic N) is 1. The van der Waals surface area contributed by atoms with Crippen LogP contribution in [0.1, 0.15) is 29.5 Å². The molecule has 22 heavy (non-hydrogen) atoms. The fraction of sp³-hybridized carbons (Fsp3) is 0.400. The fourth-order valence-corrected chi connectivity index (χ4v) is 3.79. The van der Waals surface area contributed by atoms with E-state index in [4.69, 9.17) is 0 Å². The van der Waals surface area contributed by atoms with Crippen molar-refractivity contribution >= 4 is 5.69 Å². The number of hydrogen-bond acceptors (Lipinski definition) is 2. The molecule has 0 aromatic heterocycles. The number of aryl methyl sites for hydroxylation is 1. The molecule has 0 aliphatic carbocycles. The van der Waals surface area contributed by atoms with Crippen LogP contribution in [0, 0.1) is 6.92 Å². The van der Waals surface area contributed by atoms with Crippen molar-refractivity contribution in [2.45, 2.75) is 32.7 Å². The van der Waals surface area contributed by atoms with Crippen LogP contribution in [0.25, 0.3) is 11.1 Å². The summed E-state index contributed by atoms with van der Waals surface area (Å²) in [5.74, 6) is 0. The molecule has 0 atom stereocenters. The Morgan fingerprint density at radius 1 is 0.955 bits per heavy atom. The first kappa shape index (κ1) is 13.8. The second kappa shape index (κ2) is 5.77. The summed E-state index contributed by atoms with van der Waals surface area (Å²) in [5.41, 5.74) is 8.50. The van der Waals surface area contributed by atoms with Gasteiger partial charge in [0.15, 0.2) is 0 Å². The third-order valence-electron chi connectivity index (χ3n) is 5.09. The molecule has 1 saturated heterocycles. The van der Waals surface area contributed by atoms with E-state index in [1.807, 2.05) is 0 Å². The van der Waals surface area contributed by atoms with E-state index in [1.54, 1.807) is 0 Å². The van der Waals surface area contributed by atoms with Crippen molar-refractivity contribution in [1.29, 1.82) is 0 Å². The van der Waals surface area contributed by atoms with Crippen LogP contribution < -0.4 is 10.2 Å². The Hall–Kier alpha value is -1.80. The Morgan fingerprint density at radius 3 is 2.64 bits per heavy atom. The molecule has 1 fully saturated rings. The molecule has 4 rings (SSSR count). The van der Waals surface area contributed by atoms with Crippen LogP contribution in [0.2, 0.25) is 0 Å². The first-order chi connectivity index (χ1) is 10.8. The van der Waals surface area contributed by atoms with Gasteiger partial charge < -0.3 is 10.2 Å². The van der Waals surface area contributed by atoms with Crippen molar-refractivity contribution in [1.82, 2.24) is 5.32 Å². The molecule has 2 aromatic rings. The Balaban J connectivity index is 1.67. The zero-order valence-electron chi connectivity index (χ0n) is 13.4. The number of rotatable bonds is 2. The van der Waals surface area contributed by atoms with E-state index < -0.39 is 0 Å². The van der Waals surface area contributed by atoms with E-state index >= 15 is 0 Å². The monoisotopic (exact) mass is 292 g/mol. The van der Waals surface area contributed by atoms with E-state index in [0.29, 0.717) is 0 Å². The molecule has 2 heteroatoms. The largest absolute Gasteiger partial charge is 0.372 e. The van der Waals surface area contributed by atoms with Crippen molar-refractivity contribution in [3.8, 4) is 11.1 Å². The Labute approximate surface area is 133 Å². The quantitative estimate of drug-likeness (QED) is 0.903. The van der Waals surface area contributed by atoms with Crippen molar-refractivity contribution in [3.63, 3.8) is 0 Å². The maximum atomic E-state index is 3.44. The van der Waals surface area contributed by atoms with Crippen molar-refractivity contribution < 1.29 is 0 Å². The average molecular weight is 292 g/mol. The highest BCUT2D eigenvalue weighted by atomic mass is 15.1. The van der Waals surface area contributed by atoms with Crippen molar-refractivity contribution in [3.05, 3.63) is 53.1 Å². The number of anilines is 1. The van der Waals surface area contributed by atoms with E-state index in [1.165, 1.54) is 59.4 Å². The smallest absolute Gasteiger partial charge is 0.0369 e. The molecule has 0 unspecified atom stereocenters. The topological polar surface area (TPSA) is 15.3 Å². The van der Waals surface area contributed by atoms with Crippen molar-refractivity contribution in [2.75, 3.05) is 24.5 Å². The number of benzene rings is 2. The number of fused-ring (bicyclic) bond motifs is 1. The van der Waals surface area contributed by atoms with Gasteiger partial charge in [0.25, 0.3) is 0 Å². The Bertz CT molecular complexity index is 684. The summed E-state index contributed by atoms with van der Waals surface area (Å²) in [6.45, 7) is 6.79. The molecule has 2 aliphatic heterocycles. The molecule has 1 N–H and O–H groups in total. The summed E-state index contributed by atoms with van der Waals surface area (Å²) >= 11 is 0. The molecule has 0 amide bonds. The van der Waals surface area contributed by atoms with E-state index in [2.05, 4.69) is 53.5 Å². The minimum Gasteiger partial charge on any atom is -0.372 e. The fourth-order valence-electron chi connectivity index (χ4n) is 3.79. The summed E-state index contributed by atoms with van der Waals surface area (Å²) in [6, 6.07) is 13.9. The minimum absolute atomic E-state index is 1.02. The lowest BCUT2D eigenvalue weighted by atomic mass is 9.93. The van der Waals surface area contributed by atoms with Gasteiger partial charge >= 0.3 is 0 Å². The predicted octanol–water partition coefficient (Wildman–Crippen LogP) is 3.91. The van der Waals surface area contributed by atoms with Gasteiger partial charge in [-0.2, -0.15) is 0 Å². The second-order valence-corrected chi connectivity index (χ2v) is 6.60. The molecule has 0 spiro atoms. The Morgan fingerprint density at radius 2 is 1.82 bits per heavy atom. The van der Waals surface area contributed by atoms with E-state index in [-0.39, 0.29) is 0 Å². The molecular formula is C20H24N2. The normalized spacial score (nSPS) is 17.6.